The summed E-state index contributed by atoms with van der Waals surface area (Å²) < 4.78 is 27.8. The fourth-order valence-electron chi connectivity index (χ4n) is 6.24. The normalized spacial score (nSPS) is 12.0. The molecule has 5 rings (SSSR count). The molecule has 0 amide bonds. The van der Waals surface area contributed by atoms with Gasteiger partial charge in [-0.1, -0.05) is 127 Å². The number of nitrogens with zero attached hydrogens (tertiary/aromatic N) is 2. The molecule has 3 nitrogen and oxygen atoms in total. The predicted octanol–water partition coefficient (Wildman–Crippen LogP) is 9.43. The fourth-order valence-corrected chi connectivity index (χ4v) is 6.24. The zero-order valence-corrected chi connectivity index (χ0v) is 26.4. The molecule has 0 aliphatic rings. The minimum absolute atomic E-state index is 0.161. The van der Waals surface area contributed by atoms with Crippen LogP contribution in [0.25, 0.3) is 5.57 Å². The average Bonchev–Trinajstić information content (AvgIpc) is 3.13. The van der Waals surface area contributed by atoms with Gasteiger partial charge in [0.05, 0.1) is 17.6 Å². The maximum absolute atomic E-state index is 13.9. The summed E-state index contributed by atoms with van der Waals surface area (Å²) >= 11 is 0. The molecule has 0 fully saturated rings. The Labute approximate surface area is 280 Å². The second-order valence-electron chi connectivity index (χ2n) is 11.6. The van der Waals surface area contributed by atoms with Gasteiger partial charge < -0.3 is 0 Å². The van der Waals surface area contributed by atoms with Gasteiger partial charge in [0.15, 0.2) is 0 Å². The lowest BCUT2D eigenvalue weighted by Gasteiger charge is -2.36. The lowest BCUT2D eigenvalue weighted by molar-refractivity contribution is -0.122. The maximum Gasteiger partial charge on any atom is 0.140 e. The summed E-state index contributed by atoms with van der Waals surface area (Å²) in [5.41, 5.74) is 3.39. The van der Waals surface area contributed by atoms with E-state index in [1.54, 1.807) is 30.3 Å². The fraction of sp³-hybridized carbons (Fsp3) is 0.140. The molecule has 0 bridgehead atoms. The van der Waals surface area contributed by atoms with Gasteiger partial charge in [0.1, 0.15) is 23.3 Å². The van der Waals surface area contributed by atoms with Crippen molar-refractivity contribution in [3.8, 4) is 24.0 Å². The standard InChI is InChI=1S/C43H32F2N2O/c1-31(48)41(42(35(29-46)30-47)34-12-5-2-6-13-34)28-43(36-14-7-3-8-15-36,37-16-9-4-10-17-37)27-11-18-40(32-19-23-38(44)24-20-32)33-21-25-39(45)26-22-33/h2-10,12-26,35,41-42H,28H2,1H3/t41-,42-/m1/s1. The van der Waals surface area contributed by atoms with Crippen LogP contribution < -0.4 is 0 Å². The lowest BCUT2D eigenvalue weighted by atomic mass is 9.64. The Morgan fingerprint density at radius 1 is 0.688 bits per heavy atom. The van der Waals surface area contributed by atoms with Crippen LogP contribution in [0.5, 0.6) is 0 Å². The Kier molecular flexibility index (Phi) is 10.7. The van der Waals surface area contributed by atoms with Crippen molar-refractivity contribution in [1.82, 2.24) is 0 Å². The van der Waals surface area contributed by atoms with E-state index in [9.17, 15) is 24.1 Å². The van der Waals surface area contributed by atoms with E-state index in [0.29, 0.717) is 16.7 Å². The van der Waals surface area contributed by atoms with Crippen molar-refractivity contribution in [2.75, 3.05) is 0 Å². The number of carbonyl (C=O) groups excluding carboxylic acids is 1. The highest BCUT2D eigenvalue weighted by Crippen LogP contribution is 2.44. The van der Waals surface area contributed by atoms with Crippen molar-refractivity contribution >= 4 is 11.4 Å². The second-order valence-corrected chi connectivity index (χ2v) is 11.6. The molecule has 48 heavy (non-hydrogen) atoms. The van der Waals surface area contributed by atoms with Crippen LogP contribution in [0.4, 0.5) is 8.78 Å². The quantitative estimate of drug-likeness (QED) is 0.144. The van der Waals surface area contributed by atoms with Crippen molar-refractivity contribution in [3.63, 3.8) is 0 Å². The molecule has 0 saturated carbocycles. The first kappa shape index (κ1) is 33.3. The minimum atomic E-state index is -1.08. The third-order valence-electron chi connectivity index (χ3n) is 8.65. The van der Waals surface area contributed by atoms with E-state index >= 15 is 0 Å². The Balaban J connectivity index is 1.76. The van der Waals surface area contributed by atoms with E-state index in [0.717, 1.165) is 16.7 Å². The molecule has 0 aliphatic heterocycles. The monoisotopic (exact) mass is 630 g/mol. The Morgan fingerprint density at radius 3 is 1.54 bits per heavy atom. The SMILES string of the molecule is CC(=O)[C@@H](CC(C#CC=C(c1ccc(F)cc1)c1ccc(F)cc1)(c1ccccc1)c1ccccc1)[C@H](c1ccccc1)C(C#N)C#N. The maximum atomic E-state index is 13.9. The van der Waals surface area contributed by atoms with E-state index in [2.05, 4.69) is 24.0 Å². The molecule has 0 unspecified atom stereocenters. The van der Waals surface area contributed by atoms with Crippen LogP contribution >= 0.6 is 0 Å². The summed E-state index contributed by atoms with van der Waals surface area (Å²) in [7, 11) is 0. The molecule has 5 aromatic carbocycles. The van der Waals surface area contributed by atoms with Gasteiger partial charge in [-0.2, -0.15) is 10.5 Å². The molecule has 5 aromatic rings. The van der Waals surface area contributed by atoms with E-state index in [1.165, 1.54) is 31.2 Å². The third kappa shape index (κ3) is 7.47. The Hall–Kier alpha value is -6.09. The summed E-state index contributed by atoms with van der Waals surface area (Å²) in [5.74, 6) is 3.34. The first-order valence-electron chi connectivity index (χ1n) is 15.6. The molecule has 0 N–H and O–H groups in total. The van der Waals surface area contributed by atoms with Gasteiger partial charge >= 0.3 is 0 Å². The van der Waals surface area contributed by atoms with Gasteiger partial charge in [0.25, 0.3) is 0 Å². The largest absolute Gasteiger partial charge is 0.300 e. The molecule has 0 heterocycles. The first-order chi connectivity index (χ1) is 23.4. The van der Waals surface area contributed by atoms with Crippen molar-refractivity contribution in [1.29, 1.82) is 10.5 Å². The first-order valence-corrected chi connectivity index (χ1v) is 15.6. The second kappa shape index (κ2) is 15.5. The number of allylic oxidation sites excluding steroid dienone is 1. The average molecular weight is 631 g/mol. The molecule has 5 heteroatoms. The number of benzene rings is 5. The molecular formula is C43H32F2N2O. The van der Waals surface area contributed by atoms with Gasteiger partial charge in [-0.15, -0.1) is 0 Å². The van der Waals surface area contributed by atoms with Crippen molar-refractivity contribution in [2.45, 2.75) is 24.7 Å². The summed E-state index contributed by atoms with van der Waals surface area (Å²) in [5, 5.41) is 20.2. The zero-order chi connectivity index (χ0) is 33.9. The number of carbonyl (C=O) groups is 1. The van der Waals surface area contributed by atoms with Crippen LogP contribution in [0.3, 0.4) is 0 Å². The molecule has 234 valence electrons. The summed E-state index contributed by atoms with van der Waals surface area (Å²) in [6.07, 6.45) is 1.91. The Bertz CT molecular complexity index is 1910. The lowest BCUT2D eigenvalue weighted by Crippen LogP contribution is -2.36. The predicted molar refractivity (Wildman–Crippen MR) is 184 cm³/mol. The molecule has 2 atom stereocenters. The number of ketones is 1. The molecule has 0 aromatic heterocycles. The summed E-state index contributed by atoms with van der Waals surface area (Å²) in [6.45, 7) is 1.50. The third-order valence-corrected chi connectivity index (χ3v) is 8.65. The van der Waals surface area contributed by atoms with Gasteiger partial charge in [-0.3, -0.25) is 4.79 Å². The van der Waals surface area contributed by atoms with E-state index in [1.807, 2.05) is 91.0 Å². The molecule has 0 spiro atoms. The molecular weight excluding hydrogens is 598 g/mol. The number of hydrogen-bond acceptors (Lipinski definition) is 3. The number of rotatable bonds is 10. The molecule has 0 radical (unpaired) electrons. The topological polar surface area (TPSA) is 64.7 Å². The number of hydrogen-bond donors (Lipinski definition) is 0. The molecule has 0 saturated heterocycles. The van der Waals surface area contributed by atoms with Gasteiger partial charge in [0.2, 0.25) is 0 Å². The van der Waals surface area contributed by atoms with Crippen LogP contribution in [0.2, 0.25) is 0 Å². The Morgan fingerprint density at radius 2 is 1.12 bits per heavy atom. The van der Waals surface area contributed by atoms with Gasteiger partial charge in [0, 0.05) is 11.8 Å². The van der Waals surface area contributed by atoms with Crippen molar-refractivity contribution in [3.05, 3.63) is 185 Å². The molecule has 0 aliphatic carbocycles. The highest BCUT2D eigenvalue weighted by Gasteiger charge is 2.42. The minimum Gasteiger partial charge on any atom is -0.300 e. The van der Waals surface area contributed by atoms with Crippen LogP contribution in [0.15, 0.2) is 146 Å². The number of nitriles is 2. The van der Waals surface area contributed by atoms with Crippen LogP contribution in [-0.4, -0.2) is 5.78 Å². The van der Waals surface area contributed by atoms with Crippen molar-refractivity contribution < 1.29 is 13.6 Å². The number of halogens is 2. The smallest absolute Gasteiger partial charge is 0.140 e. The summed E-state index contributed by atoms with van der Waals surface area (Å²) in [6, 6.07) is 44.9. The van der Waals surface area contributed by atoms with Crippen LogP contribution in [0, 0.1) is 58.0 Å². The van der Waals surface area contributed by atoms with E-state index in [-0.39, 0.29) is 23.8 Å². The van der Waals surface area contributed by atoms with Crippen LogP contribution in [-0.2, 0) is 10.2 Å². The van der Waals surface area contributed by atoms with Gasteiger partial charge in [-0.05, 0) is 77.1 Å². The highest BCUT2D eigenvalue weighted by molar-refractivity contribution is 5.82. The van der Waals surface area contributed by atoms with Gasteiger partial charge in [-0.25, -0.2) is 8.78 Å². The van der Waals surface area contributed by atoms with Crippen molar-refractivity contribution in [2.24, 2.45) is 11.8 Å². The van der Waals surface area contributed by atoms with E-state index < -0.39 is 23.2 Å². The number of Topliss-reactive ketones (excluding diaryl/α,β-unsaturated/α-hetero) is 1. The van der Waals surface area contributed by atoms with E-state index in [4.69, 9.17) is 0 Å². The zero-order valence-electron chi connectivity index (χ0n) is 26.4. The summed E-state index contributed by atoms with van der Waals surface area (Å²) in [4.78, 5) is 13.7. The highest BCUT2D eigenvalue weighted by atomic mass is 19.1. The van der Waals surface area contributed by atoms with Crippen LogP contribution in [0.1, 0.15) is 47.1 Å².